The Morgan fingerprint density at radius 3 is 2.35 bits per heavy atom. The van der Waals surface area contributed by atoms with Crippen LogP contribution in [0.4, 0.5) is 0 Å². The fourth-order valence-electron chi connectivity index (χ4n) is 4.58. The van der Waals surface area contributed by atoms with E-state index < -0.39 is 11.9 Å². The van der Waals surface area contributed by atoms with Crippen molar-refractivity contribution in [2.75, 3.05) is 26.3 Å². The average molecular weight is 366 g/mol. The van der Waals surface area contributed by atoms with Gasteiger partial charge < -0.3 is 19.6 Å². The molecule has 0 spiro atoms. The predicted octanol–water partition coefficient (Wildman–Crippen LogP) is 1.65. The first-order chi connectivity index (χ1) is 12.6. The van der Waals surface area contributed by atoms with Crippen LogP contribution in [-0.4, -0.2) is 71.1 Å². The Morgan fingerprint density at radius 1 is 1.08 bits per heavy atom. The van der Waals surface area contributed by atoms with Gasteiger partial charge in [0.25, 0.3) is 0 Å². The highest BCUT2D eigenvalue weighted by molar-refractivity contribution is 5.91. The van der Waals surface area contributed by atoms with E-state index in [1.54, 1.807) is 0 Å². The second kappa shape index (κ2) is 8.84. The third-order valence-electron chi connectivity index (χ3n) is 5.99. The first-order valence-electron chi connectivity index (χ1n) is 9.95. The second-order valence-electron chi connectivity index (χ2n) is 7.80. The van der Waals surface area contributed by atoms with E-state index in [2.05, 4.69) is 0 Å². The number of nitrogens with zero attached hydrogens (tertiary/aromatic N) is 2. The summed E-state index contributed by atoms with van der Waals surface area (Å²) < 4.78 is 5.34. The van der Waals surface area contributed by atoms with Gasteiger partial charge in [0.05, 0.1) is 5.92 Å². The smallest absolute Gasteiger partial charge is 0.323 e. The fraction of sp³-hybridized carbons (Fsp3) is 0.842. The Kier molecular flexibility index (Phi) is 6.51. The summed E-state index contributed by atoms with van der Waals surface area (Å²) in [5, 5.41) is 9.24. The normalized spacial score (nSPS) is 25.9. The van der Waals surface area contributed by atoms with E-state index >= 15 is 0 Å². The van der Waals surface area contributed by atoms with Crippen molar-refractivity contribution in [3.63, 3.8) is 0 Å². The fourth-order valence-corrected chi connectivity index (χ4v) is 4.58. The molecule has 146 valence electrons. The number of carbonyl (C=O) groups is 3. The molecule has 2 heterocycles. The van der Waals surface area contributed by atoms with Gasteiger partial charge >= 0.3 is 5.97 Å². The third-order valence-corrected chi connectivity index (χ3v) is 5.99. The second-order valence-corrected chi connectivity index (χ2v) is 7.80. The van der Waals surface area contributed by atoms with Gasteiger partial charge in [0.15, 0.2) is 0 Å². The summed E-state index contributed by atoms with van der Waals surface area (Å²) >= 11 is 0. The van der Waals surface area contributed by atoms with Crippen molar-refractivity contribution in [3.05, 3.63) is 0 Å². The molecule has 1 atom stereocenters. The topological polar surface area (TPSA) is 87.2 Å². The molecule has 1 saturated carbocycles. The molecule has 7 nitrogen and oxygen atoms in total. The van der Waals surface area contributed by atoms with Crippen LogP contribution in [0, 0.1) is 5.92 Å². The Bertz CT molecular complexity index is 524. The summed E-state index contributed by atoms with van der Waals surface area (Å²) in [4.78, 5) is 40.3. The van der Waals surface area contributed by atoms with Crippen molar-refractivity contribution < 1.29 is 24.2 Å². The van der Waals surface area contributed by atoms with E-state index in [4.69, 9.17) is 4.74 Å². The van der Waals surface area contributed by atoms with Crippen molar-refractivity contribution in [1.82, 2.24) is 9.80 Å². The molecule has 0 bridgehead atoms. The standard InChI is InChI=1S/C19H30N2O5/c22-17-11-14(12-20(17)15-5-3-1-2-4-6-15)19(25)21(13-18(23)24)16-7-9-26-10-8-16/h14-16H,1-13H2,(H,23,24)/t14-/m0/s1. The zero-order valence-corrected chi connectivity index (χ0v) is 15.4. The number of carboxylic acid groups (broad SMARTS) is 1. The molecule has 2 saturated heterocycles. The molecule has 3 aliphatic rings. The summed E-state index contributed by atoms with van der Waals surface area (Å²) in [7, 11) is 0. The molecule has 0 unspecified atom stereocenters. The van der Waals surface area contributed by atoms with Crippen molar-refractivity contribution in [2.24, 2.45) is 5.92 Å². The number of hydrogen-bond donors (Lipinski definition) is 1. The Balaban J connectivity index is 1.66. The summed E-state index contributed by atoms with van der Waals surface area (Å²) in [6.07, 6.45) is 8.29. The van der Waals surface area contributed by atoms with Crippen LogP contribution >= 0.6 is 0 Å². The molecular formula is C19H30N2O5. The predicted molar refractivity (Wildman–Crippen MR) is 94.5 cm³/mol. The average Bonchev–Trinajstić information content (AvgIpc) is 2.84. The van der Waals surface area contributed by atoms with Gasteiger partial charge in [-0.05, 0) is 25.7 Å². The van der Waals surface area contributed by atoms with E-state index in [9.17, 15) is 19.5 Å². The molecule has 2 aliphatic heterocycles. The van der Waals surface area contributed by atoms with Crippen molar-refractivity contribution in [3.8, 4) is 0 Å². The highest BCUT2D eigenvalue weighted by atomic mass is 16.5. The summed E-state index contributed by atoms with van der Waals surface area (Å²) in [5.41, 5.74) is 0. The summed E-state index contributed by atoms with van der Waals surface area (Å²) in [5.74, 6) is -1.54. The highest BCUT2D eigenvalue weighted by Crippen LogP contribution is 2.30. The lowest BCUT2D eigenvalue weighted by Gasteiger charge is -2.35. The maximum Gasteiger partial charge on any atom is 0.323 e. The van der Waals surface area contributed by atoms with Crippen LogP contribution < -0.4 is 0 Å². The van der Waals surface area contributed by atoms with Gasteiger partial charge in [-0.3, -0.25) is 14.4 Å². The number of hydrogen-bond acceptors (Lipinski definition) is 4. The largest absolute Gasteiger partial charge is 0.480 e. The maximum absolute atomic E-state index is 13.1. The monoisotopic (exact) mass is 366 g/mol. The Labute approximate surface area is 154 Å². The van der Waals surface area contributed by atoms with E-state index in [0.717, 1.165) is 25.7 Å². The molecular weight excluding hydrogens is 336 g/mol. The first-order valence-corrected chi connectivity index (χ1v) is 9.95. The van der Waals surface area contributed by atoms with Gasteiger partial charge in [0.1, 0.15) is 6.54 Å². The van der Waals surface area contributed by atoms with Crippen molar-refractivity contribution in [1.29, 1.82) is 0 Å². The van der Waals surface area contributed by atoms with Crippen LogP contribution in [0.2, 0.25) is 0 Å². The molecule has 3 rings (SSSR count). The lowest BCUT2D eigenvalue weighted by molar-refractivity contribution is -0.149. The molecule has 1 aliphatic carbocycles. The quantitative estimate of drug-likeness (QED) is 0.748. The van der Waals surface area contributed by atoms with E-state index in [1.165, 1.54) is 17.7 Å². The SMILES string of the molecule is O=C(O)CN(C(=O)[C@H]1CC(=O)N(C2CCCCCC2)C1)C1CCOCC1. The van der Waals surface area contributed by atoms with Gasteiger partial charge in [0.2, 0.25) is 11.8 Å². The lowest BCUT2D eigenvalue weighted by atomic mass is 10.0. The Morgan fingerprint density at radius 2 is 1.73 bits per heavy atom. The van der Waals surface area contributed by atoms with Gasteiger partial charge in [-0.25, -0.2) is 0 Å². The summed E-state index contributed by atoms with van der Waals surface area (Å²) in [6, 6.07) is 0.146. The van der Waals surface area contributed by atoms with Gasteiger partial charge in [-0.2, -0.15) is 0 Å². The first kappa shape index (κ1) is 19.1. The van der Waals surface area contributed by atoms with Crippen molar-refractivity contribution in [2.45, 2.75) is 69.9 Å². The van der Waals surface area contributed by atoms with Crippen molar-refractivity contribution >= 4 is 17.8 Å². The van der Waals surface area contributed by atoms with Crippen LogP contribution in [0.15, 0.2) is 0 Å². The molecule has 3 fully saturated rings. The Hall–Kier alpha value is -1.63. The molecule has 26 heavy (non-hydrogen) atoms. The lowest BCUT2D eigenvalue weighted by Crippen LogP contribution is -2.49. The molecule has 0 aromatic rings. The number of carboxylic acids is 1. The van der Waals surface area contributed by atoms with Crippen LogP contribution in [0.25, 0.3) is 0 Å². The number of rotatable bonds is 5. The minimum Gasteiger partial charge on any atom is -0.480 e. The number of likely N-dealkylation sites (tertiary alicyclic amines) is 1. The molecule has 0 aromatic carbocycles. The van der Waals surface area contributed by atoms with E-state index in [1.807, 2.05) is 4.90 Å². The van der Waals surface area contributed by atoms with Crippen LogP contribution in [0.5, 0.6) is 0 Å². The number of ether oxygens (including phenoxy) is 1. The van der Waals surface area contributed by atoms with Gasteiger partial charge in [-0.15, -0.1) is 0 Å². The molecule has 1 N–H and O–H groups in total. The third kappa shape index (κ3) is 4.55. The molecule has 7 heteroatoms. The zero-order chi connectivity index (χ0) is 18.5. The highest BCUT2D eigenvalue weighted by Gasteiger charge is 2.41. The van der Waals surface area contributed by atoms with E-state index in [-0.39, 0.29) is 36.9 Å². The minimum atomic E-state index is -1.00. The van der Waals surface area contributed by atoms with Gasteiger partial charge in [0, 0.05) is 38.3 Å². The number of carbonyl (C=O) groups excluding carboxylic acids is 2. The molecule has 0 aromatic heterocycles. The van der Waals surface area contributed by atoms with Crippen LogP contribution in [0.3, 0.4) is 0 Å². The minimum absolute atomic E-state index is 0.0532. The zero-order valence-electron chi connectivity index (χ0n) is 15.4. The van der Waals surface area contributed by atoms with E-state index in [0.29, 0.717) is 32.6 Å². The van der Waals surface area contributed by atoms with Crippen LogP contribution in [-0.2, 0) is 19.1 Å². The number of amides is 2. The van der Waals surface area contributed by atoms with Gasteiger partial charge in [-0.1, -0.05) is 25.7 Å². The summed E-state index contributed by atoms with van der Waals surface area (Å²) in [6.45, 7) is 1.25. The molecule has 2 amide bonds. The molecule has 0 radical (unpaired) electrons. The maximum atomic E-state index is 13.1. The number of aliphatic carboxylic acids is 1. The van der Waals surface area contributed by atoms with Crippen LogP contribution in [0.1, 0.15) is 57.8 Å².